The molecule has 1 saturated heterocycles. The average Bonchev–Trinajstić information content (AvgIpc) is 3.22. The molecule has 1 amide bonds. The van der Waals surface area contributed by atoms with Crippen LogP contribution in [0.3, 0.4) is 0 Å². The molecule has 6 nitrogen and oxygen atoms in total. The number of unbranched alkanes of at least 4 members (excludes halogenated alkanes) is 1. The highest BCUT2D eigenvalue weighted by Gasteiger charge is 2.40. The van der Waals surface area contributed by atoms with Crippen LogP contribution in [-0.4, -0.2) is 43.8 Å². The van der Waals surface area contributed by atoms with Gasteiger partial charge in [0.2, 0.25) is 5.91 Å². The Morgan fingerprint density at radius 2 is 2.35 bits per heavy atom. The summed E-state index contributed by atoms with van der Waals surface area (Å²) in [5.41, 5.74) is 5.71. The van der Waals surface area contributed by atoms with Crippen LogP contribution in [-0.2, 0) is 14.8 Å². The summed E-state index contributed by atoms with van der Waals surface area (Å²) < 4.78 is 27.0. The molecule has 0 bridgehead atoms. The number of carbonyl (C=O) groups excluding carboxylic acids is 1. The second kappa shape index (κ2) is 8.23. The molecule has 1 aromatic rings. The van der Waals surface area contributed by atoms with Crippen molar-refractivity contribution in [3.05, 3.63) is 17.5 Å². The molecule has 0 radical (unpaired) electrons. The first-order chi connectivity index (χ1) is 11.0. The highest BCUT2D eigenvalue weighted by atomic mass is 32.2. The van der Waals surface area contributed by atoms with E-state index in [1.165, 1.54) is 15.6 Å². The maximum Gasteiger partial charge on any atom is 0.253 e. The highest BCUT2D eigenvalue weighted by molar-refractivity contribution is 7.91. The third kappa shape index (κ3) is 4.32. The van der Waals surface area contributed by atoms with E-state index in [1.807, 2.05) is 0 Å². The lowest BCUT2D eigenvalue weighted by Gasteiger charge is -2.25. The summed E-state index contributed by atoms with van der Waals surface area (Å²) in [6, 6.07) is 2.57. The summed E-state index contributed by atoms with van der Waals surface area (Å²) in [4.78, 5) is 12.5. The molecule has 1 aliphatic rings. The number of nitrogens with one attached hydrogen (secondary N) is 1. The van der Waals surface area contributed by atoms with Crippen molar-refractivity contribution in [3.8, 4) is 0 Å². The molecule has 0 aliphatic carbocycles. The van der Waals surface area contributed by atoms with E-state index in [4.69, 9.17) is 5.73 Å². The molecule has 1 aromatic heterocycles. The molecule has 1 fully saturated rings. The number of sulfonamides is 1. The number of amides is 1. The summed E-state index contributed by atoms with van der Waals surface area (Å²) in [5, 5.41) is 4.65. The minimum atomic E-state index is -3.59. The molecule has 2 unspecified atom stereocenters. The molecule has 2 heterocycles. The lowest BCUT2D eigenvalue weighted by molar-refractivity contribution is -0.124. The minimum absolute atomic E-state index is 0.0886. The van der Waals surface area contributed by atoms with Crippen LogP contribution in [0.25, 0.3) is 0 Å². The Labute approximate surface area is 142 Å². The first kappa shape index (κ1) is 18.4. The van der Waals surface area contributed by atoms with Crippen molar-refractivity contribution in [2.75, 3.05) is 13.1 Å². The van der Waals surface area contributed by atoms with Crippen LogP contribution in [0.2, 0.25) is 0 Å². The number of nitrogens with two attached hydrogens (primary N) is 1. The molecular formula is C15H25N3O3S2. The average molecular weight is 360 g/mol. The number of carbonyl (C=O) groups is 1. The van der Waals surface area contributed by atoms with E-state index in [9.17, 15) is 13.2 Å². The van der Waals surface area contributed by atoms with Crippen molar-refractivity contribution in [1.82, 2.24) is 9.62 Å². The summed E-state index contributed by atoms with van der Waals surface area (Å²) in [7, 11) is -3.59. The number of thiophene rings is 1. The van der Waals surface area contributed by atoms with Crippen LogP contribution >= 0.6 is 11.3 Å². The number of rotatable bonds is 8. The van der Waals surface area contributed by atoms with Gasteiger partial charge < -0.3 is 11.1 Å². The van der Waals surface area contributed by atoms with Crippen LogP contribution in [0, 0.1) is 0 Å². The Morgan fingerprint density at radius 1 is 1.57 bits per heavy atom. The second-order valence-electron chi connectivity index (χ2n) is 5.79. The molecule has 2 atom stereocenters. The van der Waals surface area contributed by atoms with E-state index in [0.29, 0.717) is 30.1 Å². The van der Waals surface area contributed by atoms with E-state index in [0.717, 1.165) is 19.3 Å². The Balaban J connectivity index is 2.07. The van der Waals surface area contributed by atoms with Crippen LogP contribution in [0.4, 0.5) is 0 Å². The van der Waals surface area contributed by atoms with Crippen LogP contribution in [0.5, 0.6) is 0 Å². The predicted octanol–water partition coefficient (Wildman–Crippen LogP) is 1.53. The van der Waals surface area contributed by atoms with Gasteiger partial charge in [0.1, 0.15) is 10.3 Å². The van der Waals surface area contributed by atoms with Crippen molar-refractivity contribution in [3.63, 3.8) is 0 Å². The van der Waals surface area contributed by atoms with Gasteiger partial charge in [0.05, 0.1) is 0 Å². The normalized spacial score (nSPS) is 20.5. The summed E-state index contributed by atoms with van der Waals surface area (Å²) >= 11 is 1.18. The van der Waals surface area contributed by atoms with Gasteiger partial charge in [-0.2, -0.15) is 4.31 Å². The second-order valence-corrected chi connectivity index (χ2v) is 8.85. The lowest BCUT2D eigenvalue weighted by Crippen LogP contribution is -2.50. The fraction of sp³-hybridized carbons (Fsp3) is 0.667. The van der Waals surface area contributed by atoms with Crippen molar-refractivity contribution in [2.24, 2.45) is 5.73 Å². The topological polar surface area (TPSA) is 92.5 Å². The van der Waals surface area contributed by atoms with Crippen molar-refractivity contribution in [1.29, 1.82) is 0 Å². The lowest BCUT2D eigenvalue weighted by atomic mass is 10.1. The van der Waals surface area contributed by atoms with Crippen LogP contribution in [0.15, 0.2) is 21.7 Å². The molecular weight excluding hydrogens is 334 g/mol. The van der Waals surface area contributed by atoms with E-state index < -0.39 is 16.1 Å². The first-order valence-corrected chi connectivity index (χ1v) is 10.4. The standard InChI is InChI=1S/C15H25N3O3S2/c1-2-3-6-12(11-16)17-15(19)13-7-4-9-18(13)23(20,21)14-8-5-10-22-14/h5,8,10,12-13H,2-4,6-7,9,11,16H2,1H3,(H,17,19). The van der Waals surface area contributed by atoms with Gasteiger partial charge in [-0.25, -0.2) is 8.42 Å². The zero-order valence-corrected chi connectivity index (χ0v) is 15.0. The Kier molecular flexibility index (Phi) is 6.58. The van der Waals surface area contributed by atoms with E-state index in [2.05, 4.69) is 12.2 Å². The van der Waals surface area contributed by atoms with Crippen molar-refractivity contribution >= 4 is 27.3 Å². The monoisotopic (exact) mass is 359 g/mol. The van der Waals surface area contributed by atoms with Crippen molar-refractivity contribution < 1.29 is 13.2 Å². The zero-order valence-electron chi connectivity index (χ0n) is 13.4. The first-order valence-electron chi connectivity index (χ1n) is 8.06. The smallest absolute Gasteiger partial charge is 0.253 e. The summed E-state index contributed by atoms with van der Waals surface area (Å²) in [6.45, 7) is 2.85. The van der Waals surface area contributed by atoms with E-state index in [1.54, 1.807) is 17.5 Å². The molecule has 2 rings (SSSR count). The van der Waals surface area contributed by atoms with Gasteiger partial charge in [0.15, 0.2) is 0 Å². The van der Waals surface area contributed by atoms with Gasteiger partial charge in [0, 0.05) is 19.1 Å². The highest BCUT2D eigenvalue weighted by Crippen LogP contribution is 2.28. The molecule has 0 saturated carbocycles. The molecule has 8 heteroatoms. The summed E-state index contributed by atoms with van der Waals surface area (Å²) in [6.07, 6.45) is 4.11. The Hall–Kier alpha value is -0.960. The maximum atomic E-state index is 12.7. The number of hydrogen-bond donors (Lipinski definition) is 2. The molecule has 130 valence electrons. The third-order valence-corrected chi connectivity index (χ3v) is 7.38. The molecule has 23 heavy (non-hydrogen) atoms. The quantitative estimate of drug-likeness (QED) is 0.736. The summed E-state index contributed by atoms with van der Waals surface area (Å²) in [5.74, 6) is -0.228. The van der Waals surface area contributed by atoms with Crippen LogP contribution in [0.1, 0.15) is 39.0 Å². The minimum Gasteiger partial charge on any atom is -0.351 e. The predicted molar refractivity (Wildman–Crippen MR) is 91.7 cm³/mol. The molecule has 0 aromatic carbocycles. The van der Waals surface area contributed by atoms with Gasteiger partial charge in [0.25, 0.3) is 10.0 Å². The third-order valence-electron chi connectivity index (χ3n) is 4.10. The van der Waals surface area contributed by atoms with Gasteiger partial charge in [-0.15, -0.1) is 11.3 Å². The van der Waals surface area contributed by atoms with Gasteiger partial charge in [-0.05, 0) is 30.7 Å². The fourth-order valence-corrected chi connectivity index (χ4v) is 5.59. The fourth-order valence-electron chi connectivity index (χ4n) is 2.81. The van der Waals surface area contributed by atoms with E-state index in [-0.39, 0.29) is 11.9 Å². The van der Waals surface area contributed by atoms with Crippen LogP contribution < -0.4 is 11.1 Å². The SMILES string of the molecule is CCCCC(CN)NC(=O)C1CCCN1S(=O)(=O)c1cccs1. The van der Waals surface area contributed by atoms with Crippen molar-refractivity contribution in [2.45, 2.75) is 55.3 Å². The maximum absolute atomic E-state index is 12.7. The Bertz CT molecular complexity index is 601. The largest absolute Gasteiger partial charge is 0.351 e. The number of nitrogens with zero attached hydrogens (tertiary/aromatic N) is 1. The Morgan fingerprint density at radius 3 is 2.96 bits per heavy atom. The zero-order chi connectivity index (χ0) is 16.9. The number of hydrogen-bond acceptors (Lipinski definition) is 5. The van der Waals surface area contributed by atoms with Gasteiger partial charge in [-0.1, -0.05) is 25.8 Å². The van der Waals surface area contributed by atoms with Gasteiger partial charge in [-0.3, -0.25) is 4.79 Å². The molecule has 0 spiro atoms. The molecule has 3 N–H and O–H groups in total. The van der Waals surface area contributed by atoms with E-state index >= 15 is 0 Å². The molecule has 1 aliphatic heterocycles. The van der Waals surface area contributed by atoms with Gasteiger partial charge >= 0.3 is 0 Å².